The third kappa shape index (κ3) is 4.19. The first-order chi connectivity index (χ1) is 10.1. The van der Waals surface area contributed by atoms with Crippen LogP contribution in [0.15, 0.2) is 48.5 Å². The first-order valence-electron chi connectivity index (χ1n) is 7.50. The minimum absolute atomic E-state index is 0.0828. The Labute approximate surface area is 127 Å². The Hall–Kier alpha value is -2.09. The SMILES string of the molecule is CCC(NC(=O)Cc1cc(C)ccc1C)c1ccccc1. The second-order valence-corrected chi connectivity index (χ2v) is 5.55. The minimum Gasteiger partial charge on any atom is -0.349 e. The summed E-state index contributed by atoms with van der Waals surface area (Å²) in [5, 5.41) is 3.14. The van der Waals surface area contributed by atoms with Gasteiger partial charge >= 0.3 is 0 Å². The number of aryl methyl sites for hydroxylation is 2. The molecule has 1 unspecified atom stereocenters. The van der Waals surface area contributed by atoms with E-state index in [2.05, 4.69) is 56.4 Å². The van der Waals surface area contributed by atoms with E-state index in [0.29, 0.717) is 6.42 Å². The van der Waals surface area contributed by atoms with Crippen LogP contribution in [0.1, 0.15) is 41.6 Å². The van der Waals surface area contributed by atoms with Crippen molar-refractivity contribution in [3.63, 3.8) is 0 Å². The highest BCUT2D eigenvalue weighted by Gasteiger charge is 2.13. The lowest BCUT2D eigenvalue weighted by molar-refractivity contribution is -0.121. The molecule has 0 bridgehead atoms. The van der Waals surface area contributed by atoms with Gasteiger partial charge in [0, 0.05) is 0 Å². The number of nitrogens with one attached hydrogen (secondary N) is 1. The fraction of sp³-hybridized carbons (Fsp3) is 0.316. The third-order valence-electron chi connectivity index (χ3n) is 3.80. The normalized spacial score (nSPS) is 12.0. The van der Waals surface area contributed by atoms with Gasteiger partial charge in [0.25, 0.3) is 0 Å². The van der Waals surface area contributed by atoms with Gasteiger partial charge in [0.1, 0.15) is 0 Å². The van der Waals surface area contributed by atoms with Gasteiger partial charge in [-0.1, -0.05) is 61.0 Å². The largest absolute Gasteiger partial charge is 0.349 e. The predicted molar refractivity (Wildman–Crippen MR) is 87.2 cm³/mol. The molecule has 0 aromatic heterocycles. The van der Waals surface area contributed by atoms with Crippen molar-refractivity contribution >= 4 is 5.91 Å². The lowest BCUT2D eigenvalue weighted by Crippen LogP contribution is -2.29. The molecular weight excluding hydrogens is 258 g/mol. The van der Waals surface area contributed by atoms with Gasteiger partial charge < -0.3 is 5.32 Å². The molecule has 2 heteroatoms. The fourth-order valence-corrected chi connectivity index (χ4v) is 2.52. The average molecular weight is 281 g/mol. The molecule has 2 aromatic carbocycles. The molecule has 1 atom stereocenters. The molecule has 0 heterocycles. The summed E-state index contributed by atoms with van der Waals surface area (Å²) in [6.07, 6.45) is 1.33. The Morgan fingerprint density at radius 3 is 2.48 bits per heavy atom. The van der Waals surface area contributed by atoms with Crippen LogP contribution in [0.2, 0.25) is 0 Å². The van der Waals surface area contributed by atoms with E-state index in [1.807, 2.05) is 18.2 Å². The fourth-order valence-electron chi connectivity index (χ4n) is 2.52. The molecule has 1 amide bonds. The van der Waals surface area contributed by atoms with Crippen molar-refractivity contribution in [2.45, 2.75) is 39.7 Å². The van der Waals surface area contributed by atoms with E-state index in [-0.39, 0.29) is 11.9 Å². The Bertz CT molecular complexity index is 604. The van der Waals surface area contributed by atoms with Crippen LogP contribution in [-0.2, 0) is 11.2 Å². The average Bonchev–Trinajstić information content (AvgIpc) is 2.49. The summed E-state index contributed by atoms with van der Waals surface area (Å²) >= 11 is 0. The van der Waals surface area contributed by atoms with E-state index in [1.165, 1.54) is 11.1 Å². The highest BCUT2D eigenvalue weighted by molar-refractivity contribution is 5.79. The predicted octanol–water partition coefficient (Wildman–Crippen LogP) is 4.11. The molecule has 0 aliphatic heterocycles. The van der Waals surface area contributed by atoms with Crippen LogP contribution < -0.4 is 5.32 Å². The van der Waals surface area contributed by atoms with Crippen molar-refractivity contribution in [2.24, 2.45) is 0 Å². The van der Waals surface area contributed by atoms with E-state index < -0.39 is 0 Å². The van der Waals surface area contributed by atoms with Gasteiger partial charge in [-0.2, -0.15) is 0 Å². The lowest BCUT2D eigenvalue weighted by Gasteiger charge is -2.18. The zero-order valence-corrected chi connectivity index (χ0v) is 13.0. The monoisotopic (exact) mass is 281 g/mol. The van der Waals surface area contributed by atoms with Gasteiger partial charge in [0.15, 0.2) is 0 Å². The number of carbonyl (C=O) groups is 1. The maximum atomic E-state index is 12.3. The molecule has 2 aromatic rings. The van der Waals surface area contributed by atoms with Gasteiger partial charge in [0.2, 0.25) is 5.91 Å². The number of amides is 1. The van der Waals surface area contributed by atoms with E-state index in [0.717, 1.165) is 17.5 Å². The van der Waals surface area contributed by atoms with Crippen molar-refractivity contribution in [3.8, 4) is 0 Å². The van der Waals surface area contributed by atoms with E-state index in [9.17, 15) is 4.79 Å². The molecule has 0 aliphatic carbocycles. The first kappa shape index (κ1) is 15.3. The van der Waals surface area contributed by atoms with E-state index in [1.54, 1.807) is 0 Å². The number of benzene rings is 2. The Morgan fingerprint density at radius 1 is 1.10 bits per heavy atom. The molecule has 2 rings (SSSR count). The van der Waals surface area contributed by atoms with Gasteiger partial charge in [-0.05, 0) is 37.0 Å². The van der Waals surface area contributed by atoms with Crippen LogP contribution in [0.4, 0.5) is 0 Å². The molecule has 0 fully saturated rings. The van der Waals surface area contributed by atoms with Crippen LogP contribution in [0.3, 0.4) is 0 Å². The third-order valence-corrected chi connectivity index (χ3v) is 3.80. The molecule has 1 N–H and O–H groups in total. The smallest absolute Gasteiger partial charge is 0.224 e. The molecule has 0 radical (unpaired) electrons. The van der Waals surface area contributed by atoms with Gasteiger partial charge in [0.05, 0.1) is 12.5 Å². The Balaban J connectivity index is 2.05. The van der Waals surface area contributed by atoms with Crippen molar-refractivity contribution in [3.05, 3.63) is 70.8 Å². The van der Waals surface area contributed by atoms with Crippen LogP contribution >= 0.6 is 0 Å². The van der Waals surface area contributed by atoms with Gasteiger partial charge in [-0.25, -0.2) is 0 Å². The summed E-state index contributed by atoms with van der Waals surface area (Å²) in [4.78, 5) is 12.3. The highest BCUT2D eigenvalue weighted by Crippen LogP contribution is 2.17. The van der Waals surface area contributed by atoms with Gasteiger partial charge in [-0.3, -0.25) is 4.79 Å². The molecule has 0 spiro atoms. The summed E-state index contributed by atoms with van der Waals surface area (Å²) < 4.78 is 0. The maximum Gasteiger partial charge on any atom is 0.224 e. The molecule has 0 aliphatic rings. The molecule has 0 saturated heterocycles. The number of hydrogen-bond acceptors (Lipinski definition) is 1. The molecular formula is C19H23NO. The van der Waals surface area contributed by atoms with Crippen LogP contribution in [0, 0.1) is 13.8 Å². The van der Waals surface area contributed by atoms with E-state index >= 15 is 0 Å². The molecule has 110 valence electrons. The topological polar surface area (TPSA) is 29.1 Å². The van der Waals surface area contributed by atoms with Crippen molar-refractivity contribution in [1.29, 1.82) is 0 Å². The van der Waals surface area contributed by atoms with Crippen LogP contribution in [-0.4, -0.2) is 5.91 Å². The minimum atomic E-state index is 0.0828. The van der Waals surface area contributed by atoms with Gasteiger partial charge in [-0.15, -0.1) is 0 Å². The van der Waals surface area contributed by atoms with Crippen LogP contribution in [0.5, 0.6) is 0 Å². The molecule has 2 nitrogen and oxygen atoms in total. The number of hydrogen-bond donors (Lipinski definition) is 1. The standard InChI is InChI=1S/C19H23NO/c1-4-18(16-8-6-5-7-9-16)20-19(21)13-17-12-14(2)10-11-15(17)3/h5-12,18H,4,13H2,1-3H3,(H,20,21). The lowest BCUT2D eigenvalue weighted by atomic mass is 10.0. The zero-order valence-electron chi connectivity index (χ0n) is 13.0. The summed E-state index contributed by atoms with van der Waals surface area (Å²) in [5.41, 5.74) is 4.63. The molecule has 21 heavy (non-hydrogen) atoms. The second kappa shape index (κ2) is 7.07. The Morgan fingerprint density at radius 2 is 1.81 bits per heavy atom. The quantitative estimate of drug-likeness (QED) is 0.878. The summed E-state index contributed by atoms with van der Waals surface area (Å²) in [5.74, 6) is 0.0828. The second-order valence-electron chi connectivity index (χ2n) is 5.55. The van der Waals surface area contributed by atoms with E-state index in [4.69, 9.17) is 0 Å². The summed E-state index contributed by atoms with van der Waals surface area (Å²) in [6, 6.07) is 16.5. The van der Waals surface area contributed by atoms with Crippen molar-refractivity contribution < 1.29 is 4.79 Å². The summed E-state index contributed by atoms with van der Waals surface area (Å²) in [7, 11) is 0. The van der Waals surface area contributed by atoms with Crippen LogP contribution in [0.25, 0.3) is 0 Å². The molecule has 0 saturated carbocycles. The zero-order chi connectivity index (χ0) is 15.2. The van der Waals surface area contributed by atoms with Crippen molar-refractivity contribution in [1.82, 2.24) is 5.32 Å². The Kier molecular flexibility index (Phi) is 5.15. The van der Waals surface area contributed by atoms with Crippen molar-refractivity contribution in [2.75, 3.05) is 0 Å². The maximum absolute atomic E-state index is 12.3. The number of rotatable bonds is 5. The summed E-state index contributed by atoms with van der Waals surface area (Å²) in [6.45, 7) is 6.20. The number of carbonyl (C=O) groups excluding carboxylic acids is 1. The highest BCUT2D eigenvalue weighted by atomic mass is 16.1. The first-order valence-corrected chi connectivity index (χ1v) is 7.50.